The molecule has 0 aliphatic carbocycles. The fourth-order valence-corrected chi connectivity index (χ4v) is 1.84. The second-order valence-electron chi connectivity index (χ2n) is 4.73. The van der Waals surface area contributed by atoms with E-state index < -0.39 is 11.8 Å². The summed E-state index contributed by atoms with van der Waals surface area (Å²) in [4.78, 5) is 23.4. The summed E-state index contributed by atoms with van der Waals surface area (Å²) >= 11 is 5.73. The van der Waals surface area contributed by atoms with Crippen LogP contribution in [0, 0.1) is 0 Å². The number of nitrogens with zero attached hydrogens (tertiary/aromatic N) is 1. The number of carbonyl (C=O) groups is 2. The number of phenols is 2. The van der Waals surface area contributed by atoms with Crippen molar-refractivity contribution in [2.45, 2.75) is 0 Å². The zero-order chi connectivity index (χ0) is 17.5. The first-order valence-electron chi connectivity index (χ1n) is 6.83. The number of amides is 2. The van der Waals surface area contributed by atoms with Crippen LogP contribution in [-0.2, 0) is 4.79 Å². The number of hydrazone groups is 1. The first-order valence-corrected chi connectivity index (χ1v) is 7.21. The lowest BCUT2D eigenvalue weighted by Crippen LogP contribution is -2.34. The molecule has 0 aromatic heterocycles. The maximum Gasteiger partial charge on any atom is 0.259 e. The molecule has 2 aromatic carbocycles. The van der Waals surface area contributed by atoms with Crippen LogP contribution in [0.4, 0.5) is 0 Å². The van der Waals surface area contributed by atoms with Gasteiger partial charge in [0, 0.05) is 22.2 Å². The Kier molecular flexibility index (Phi) is 5.75. The number of rotatable bonds is 5. The molecular weight excluding hydrogens is 334 g/mol. The molecule has 8 heteroatoms. The van der Waals surface area contributed by atoms with Crippen LogP contribution < -0.4 is 10.7 Å². The summed E-state index contributed by atoms with van der Waals surface area (Å²) in [7, 11) is 0. The van der Waals surface area contributed by atoms with Gasteiger partial charge in [0.25, 0.3) is 11.8 Å². The van der Waals surface area contributed by atoms with Crippen molar-refractivity contribution in [1.29, 1.82) is 0 Å². The predicted molar refractivity (Wildman–Crippen MR) is 89.3 cm³/mol. The molecule has 0 unspecified atom stereocenters. The van der Waals surface area contributed by atoms with E-state index in [-0.39, 0.29) is 18.0 Å². The van der Waals surface area contributed by atoms with Crippen molar-refractivity contribution >= 4 is 29.6 Å². The smallest absolute Gasteiger partial charge is 0.259 e. The van der Waals surface area contributed by atoms with E-state index in [4.69, 9.17) is 16.7 Å². The van der Waals surface area contributed by atoms with E-state index in [0.29, 0.717) is 16.1 Å². The first-order chi connectivity index (χ1) is 11.5. The molecule has 0 aliphatic heterocycles. The van der Waals surface area contributed by atoms with E-state index in [0.717, 1.165) is 6.07 Å². The van der Waals surface area contributed by atoms with Gasteiger partial charge < -0.3 is 15.5 Å². The van der Waals surface area contributed by atoms with E-state index in [1.807, 2.05) is 0 Å². The highest BCUT2D eigenvalue weighted by atomic mass is 35.5. The maximum absolute atomic E-state index is 11.8. The van der Waals surface area contributed by atoms with Gasteiger partial charge in [0.1, 0.15) is 11.5 Å². The highest BCUT2D eigenvalue weighted by molar-refractivity contribution is 6.30. The second kappa shape index (κ2) is 7.98. The topological polar surface area (TPSA) is 111 Å². The van der Waals surface area contributed by atoms with Gasteiger partial charge in [-0.25, -0.2) is 5.43 Å². The molecule has 0 aliphatic rings. The quantitative estimate of drug-likeness (QED) is 0.486. The van der Waals surface area contributed by atoms with Crippen molar-refractivity contribution in [3.8, 4) is 11.5 Å². The van der Waals surface area contributed by atoms with Gasteiger partial charge in [-0.15, -0.1) is 0 Å². The summed E-state index contributed by atoms with van der Waals surface area (Å²) in [6, 6.07) is 10.2. The van der Waals surface area contributed by atoms with Gasteiger partial charge in [-0.1, -0.05) is 11.6 Å². The summed E-state index contributed by atoms with van der Waals surface area (Å²) < 4.78 is 0. The van der Waals surface area contributed by atoms with E-state index in [2.05, 4.69) is 15.8 Å². The molecule has 24 heavy (non-hydrogen) atoms. The summed E-state index contributed by atoms with van der Waals surface area (Å²) in [6.45, 7) is -0.264. The van der Waals surface area contributed by atoms with Crippen LogP contribution in [0.1, 0.15) is 15.9 Å². The average molecular weight is 348 g/mol. The highest BCUT2D eigenvalue weighted by Crippen LogP contribution is 2.20. The lowest BCUT2D eigenvalue weighted by molar-refractivity contribution is -0.120. The van der Waals surface area contributed by atoms with Gasteiger partial charge in [0.05, 0.1) is 12.8 Å². The minimum absolute atomic E-state index is 0.0846. The molecule has 0 radical (unpaired) electrons. The van der Waals surface area contributed by atoms with E-state index in [1.54, 1.807) is 24.3 Å². The standard InChI is InChI=1S/C16H14ClN3O4/c17-12-4-1-10(2-5-12)16(24)18-9-15(23)20-19-8-11-3-6-13(21)7-14(11)22/h1-8,21-22H,9H2,(H,18,24)(H,20,23)/b19-8-. The molecule has 2 amide bonds. The molecule has 2 aromatic rings. The van der Waals surface area contributed by atoms with Gasteiger partial charge in [-0.2, -0.15) is 5.10 Å². The van der Waals surface area contributed by atoms with Crippen LogP contribution in [0.3, 0.4) is 0 Å². The zero-order valence-electron chi connectivity index (χ0n) is 12.4. The summed E-state index contributed by atoms with van der Waals surface area (Å²) in [5, 5.41) is 25.3. The Hall–Kier alpha value is -3.06. The van der Waals surface area contributed by atoms with Crippen LogP contribution in [0.5, 0.6) is 11.5 Å². The van der Waals surface area contributed by atoms with Gasteiger partial charge in [-0.3, -0.25) is 9.59 Å². The minimum atomic E-state index is -0.535. The molecular formula is C16H14ClN3O4. The van der Waals surface area contributed by atoms with Crippen LogP contribution >= 0.6 is 11.6 Å². The fraction of sp³-hybridized carbons (Fsp3) is 0.0625. The van der Waals surface area contributed by atoms with E-state index >= 15 is 0 Å². The molecule has 7 nitrogen and oxygen atoms in total. The summed E-state index contributed by atoms with van der Waals surface area (Å²) in [5.41, 5.74) is 2.91. The normalized spacial score (nSPS) is 10.5. The van der Waals surface area contributed by atoms with Gasteiger partial charge in [0.2, 0.25) is 0 Å². The van der Waals surface area contributed by atoms with Gasteiger partial charge in [-0.05, 0) is 36.4 Å². The number of carbonyl (C=O) groups excluding carboxylic acids is 2. The van der Waals surface area contributed by atoms with Crippen LogP contribution in [0.2, 0.25) is 5.02 Å². The summed E-state index contributed by atoms with van der Waals surface area (Å²) in [6.07, 6.45) is 1.22. The van der Waals surface area contributed by atoms with Crippen molar-refractivity contribution < 1.29 is 19.8 Å². The van der Waals surface area contributed by atoms with Crippen LogP contribution in [0.15, 0.2) is 47.6 Å². The van der Waals surface area contributed by atoms with Gasteiger partial charge in [0.15, 0.2) is 0 Å². The third-order valence-corrected chi connectivity index (χ3v) is 3.17. The Balaban J connectivity index is 1.81. The third kappa shape index (κ3) is 4.99. The Labute approximate surface area is 142 Å². The van der Waals surface area contributed by atoms with Crippen molar-refractivity contribution in [3.05, 3.63) is 58.6 Å². The maximum atomic E-state index is 11.8. The Morgan fingerprint density at radius 3 is 2.50 bits per heavy atom. The zero-order valence-corrected chi connectivity index (χ0v) is 13.1. The predicted octanol–water partition coefficient (Wildman–Crippen LogP) is 1.63. The Bertz CT molecular complexity index is 775. The minimum Gasteiger partial charge on any atom is -0.508 e. The van der Waals surface area contributed by atoms with Crippen LogP contribution in [0.25, 0.3) is 0 Å². The number of phenolic OH excluding ortho intramolecular Hbond substituents is 2. The molecule has 124 valence electrons. The van der Waals surface area contributed by atoms with Crippen molar-refractivity contribution in [3.63, 3.8) is 0 Å². The van der Waals surface area contributed by atoms with Gasteiger partial charge >= 0.3 is 0 Å². The number of aromatic hydroxyl groups is 2. The Morgan fingerprint density at radius 2 is 1.83 bits per heavy atom. The first kappa shape index (κ1) is 17.3. The number of halogens is 1. The van der Waals surface area contributed by atoms with Crippen molar-refractivity contribution in [2.75, 3.05) is 6.54 Å². The summed E-state index contributed by atoms with van der Waals surface area (Å²) in [5.74, 6) is -1.21. The molecule has 0 heterocycles. The number of hydrogen-bond donors (Lipinski definition) is 4. The molecule has 4 N–H and O–H groups in total. The van der Waals surface area contributed by atoms with Crippen molar-refractivity contribution in [2.24, 2.45) is 5.10 Å². The monoisotopic (exact) mass is 347 g/mol. The average Bonchev–Trinajstić information content (AvgIpc) is 2.55. The third-order valence-electron chi connectivity index (χ3n) is 2.92. The molecule has 0 saturated carbocycles. The largest absolute Gasteiger partial charge is 0.508 e. The van der Waals surface area contributed by atoms with E-state index in [9.17, 15) is 14.7 Å². The molecule has 0 atom stereocenters. The number of hydrogen-bond acceptors (Lipinski definition) is 5. The highest BCUT2D eigenvalue weighted by Gasteiger charge is 2.07. The van der Waals surface area contributed by atoms with Crippen molar-refractivity contribution in [1.82, 2.24) is 10.7 Å². The molecule has 0 bridgehead atoms. The fourth-order valence-electron chi connectivity index (χ4n) is 1.72. The number of nitrogens with one attached hydrogen (secondary N) is 2. The lowest BCUT2D eigenvalue weighted by Gasteiger charge is -2.04. The number of benzene rings is 2. The van der Waals surface area contributed by atoms with E-state index in [1.165, 1.54) is 18.3 Å². The van der Waals surface area contributed by atoms with Crippen LogP contribution in [-0.4, -0.2) is 34.8 Å². The lowest BCUT2D eigenvalue weighted by atomic mass is 10.2. The molecule has 0 fully saturated rings. The molecule has 0 spiro atoms. The second-order valence-corrected chi connectivity index (χ2v) is 5.16. The SMILES string of the molecule is O=C(CNC(=O)c1ccc(Cl)cc1)N/N=C\c1ccc(O)cc1O. The molecule has 0 saturated heterocycles. The Morgan fingerprint density at radius 1 is 1.12 bits per heavy atom. The molecule has 2 rings (SSSR count).